The Labute approximate surface area is 71.7 Å². The summed E-state index contributed by atoms with van der Waals surface area (Å²) in [5.74, 6) is 0.308. The molecule has 0 aliphatic heterocycles. The van der Waals surface area contributed by atoms with Gasteiger partial charge in [-0.2, -0.15) is 0 Å². The van der Waals surface area contributed by atoms with Crippen LogP contribution in [0.2, 0.25) is 0 Å². The highest BCUT2D eigenvalue weighted by Gasteiger charge is 2.33. The lowest BCUT2D eigenvalue weighted by Gasteiger charge is -2.34. The molecule has 62 valence electrons. The number of rotatable bonds is 1. The van der Waals surface area contributed by atoms with Crippen molar-refractivity contribution < 1.29 is 0 Å². The molecular weight excluding hydrogens is 156 g/mol. The van der Waals surface area contributed by atoms with Crippen molar-refractivity contribution in [3.63, 3.8) is 0 Å². The first-order valence-corrected chi connectivity index (χ1v) is 4.82. The zero-order valence-electron chi connectivity index (χ0n) is 6.87. The summed E-state index contributed by atoms with van der Waals surface area (Å²) in [6, 6.07) is 0. The van der Waals surface area contributed by atoms with E-state index in [0.29, 0.717) is 5.92 Å². The second-order valence-corrected chi connectivity index (χ2v) is 3.88. The maximum Gasteiger partial charge on any atom is 0.108 e. The molecule has 4 N–H and O–H groups in total. The SMILES string of the molecule is CSC1(N)C(N)=CC=CC1C. The van der Waals surface area contributed by atoms with E-state index in [4.69, 9.17) is 11.5 Å². The summed E-state index contributed by atoms with van der Waals surface area (Å²) in [5, 5.41) is 0. The largest absolute Gasteiger partial charge is 0.400 e. The molecule has 3 heteroatoms. The third-order valence-electron chi connectivity index (χ3n) is 2.14. The minimum atomic E-state index is -0.394. The van der Waals surface area contributed by atoms with E-state index in [0.717, 1.165) is 5.70 Å². The molecule has 1 aliphatic rings. The Bertz CT molecular complexity index is 210. The van der Waals surface area contributed by atoms with Crippen LogP contribution in [0.1, 0.15) is 6.92 Å². The van der Waals surface area contributed by atoms with Gasteiger partial charge in [-0.05, 0) is 12.3 Å². The van der Waals surface area contributed by atoms with Gasteiger partial charge in [0.25, 0.3) is 0 Å². The fraction of sp³-hybridized carbons (Fsp3) is 0.500. The molecule has 0 spiro atoms. The molecule has 2 unspecified atom stereocenters. The standard InChI is InChI=1S/C8H14N2S/c1-6-4-3-5-7(9)8(6,10)11-2/h3-6H,9-10H2,1-2H3. The first-order valence-electron chi connectivity index (χ1n) is 3.59. The second-order valence-electron chi connectivity index (χ2n) is 2.79. The van der Waals surface area contributed by atoms with Crippen LogP contribution < -0.4 is 11.5 Å². The summed E-state index contributed by atoms with van der Waals surface area (Å²) in [4.78, 5) is -0.394. The van der Waals surface area contributed by atoms with Crippen LogP contribution in [0.5, 0.6) is 0 Å². The molecule has 1 rings (SSSR count). The Balaban J connectivity index is 2.94. The lowest BCUT2D eigenvalue weighted by Crippen LogP contribution is -2.47. The van der Waals surface area contributed by atoms with Gasteiger partial charge in [0.1, 0.15) is 4.87 Å². The van der Waals surface area contributed by atoms with Crippen molar-refractivity contribution in [3.8, 4) is 0 Å². The molecule has 0 bridgehead atoms. The first-order chi connectivity index (χ1) is 5.11. The summed E-state index contributed by atoms with van der Waals surface area (Å²) >= 11 is 1.60. The normalized spacial score (nSPS) is 37.0. The average Bonchev–Trinajstić information content (AvgIpc) is 2.00. The van der Waals surface area contributed by atoms with Crippen molar-refractivity contribution in [1.82, 2.24) is 0 Å². The molecule has 0 saturated carbocycles. The lowest BCUT2D eigenvalue weighted by atomic mass is 9.94. The number of hydrogen-bond donors (Lipinski definition) is 2. The molecule has 0 fully saturated rings. The van der Waals surface area contributed by atoms with E-state index in [2.05, 4.69) is 13.0 Å². The summed E-state index contributed by atoms with van der Waals surface area (Å²) in [7, 11) is 0. The smallest absolute Gasteiger partial charge is 0.108 e. The van der Waals surface area contributed by atoms with E-state index in [1.807, 2.05) is 18.4 Å². The Morgan fingerprint density at radius 2 is 2.27 bits per heavy atom. The van der Waals surface area contributed by atoms with Crippen molar-refractivity contribution in [2.45, 2.75) is 11.8 Å². The number of nitrogens with two attached hydrogens (primary N) is 2. The van der Waals surface area contributed by atoms with Crippen LogP contribution in [0.25, 0.3) is 0 Å². The van der Waals surface area contributed by atoms with Crippen LogP contribution >= 0.6 is 11.8 Å². The Kier molecular flexibility index (Phi) is 2.30. The van der Waals surface area contributed by atoms with Crippen molar-refractivity contribution in [2.24, 2.45) is 17.4 Å². The zero-order chi connectivity index (χ0) is 8.48. The number of hydrogen-bond acceptors (Lipinski definition) is 3. The average molecular weight is 170 g/mol. The lowest BCUT2D eigenvalue weighted by molar-refractivity contribution is 0.544. The predicted octanol–water partition coefficient (Wildman–Crippen LogP) is 1.05. The topological polar surface area (TPSA) is 52.0 Å². The van der Waals surface area contributed by atoms with Gasteiger partial charge in [0.2, 0.25) is 0 Å². The quantitative estimate of drug-likeness (QED) is 0.578. The highest BCUT2D eigenvalue weighted by molar-refractivity contribution is 8.00. The van der Waals surface area contributed by atoms with E-state index in [-0.39, 0.29) is 0 Å². The van der Waals surface area contributed by atoms with Gasteiger partial charge in [0, 0.05) is 11.6 Å². The third-order valence-corrected chi connectivity index (χ3v) is 3.42. The van der Waals surface area contributed by atoms with Gasteiger partial charge in [0.15, 0.2) is 0 Å². The summed E-state index contributed by atoms with van der Waals surface area (Å²) in [5.41, 5.74) is 12.6. The molecule has 0 saturated heterocycles. The molecule has 11 heavy (non-hydrogen) atoms. The monoisotopic (exact) mass is 170 g/mol. The van der Waals surface area contributed by atoms with Crippen molar-refractivity contribution in [1.29, 1.82) is 0 Å². The Morgan fingerprint density at radius 1 is 1.64 bits per heavy atom. The van der Waals surface area contributed by atoms with Crippen molar-refractivity contribution in [2.75, 3.05) is 6.26 Å². The molecule has 0 radical (unpaired) electrons. The summed E-state index contributed by atoms with van der Waals surface area (Å²) in [6.45, 7) is 2.08. The summed E-state index contributed by atoms with van der Waals surface area (Å²) in [6.07, 6.45) is 7.89. The van der Waals surface area contributed by atoms with Gasteiger partial charge >= 0.3 is 0 Å². The van der Waals surface area contributed by atoms with Crippen molar-refractivity contribution in [3.05, 3.63) is 23.9 Å². The van der Waals surface area contributed by atoms with Gasteiger partial charge in [-0.25, -0.2) is 0 Å². The van der Waals surface area contributed by atoms with E-state index < -0.39 is 4.87 Å². The van der Waals surface area contributed by atoms with Gasteiger partial charge in [0.05, 0.1) is 0 Å². The van der Waals surface area contributed by atoms with Gasteiger partial charge in [-0.1, -0.05) is 19.1 Å². The van der Waals surface area contributed by atoms with E-state index in [1.165, 1.54) is 0 Å². The number of thioether (sulfide) groups is 1. The van der Waals surface area contributed by atoms with E-state index in [9.17, 15) is 0 Å². The maximum absolute atomic E-state index is 6.06. The molecule has 1 aliphatic carbocycles. The molecule has 0 amide bonds. The van der Waals surface area contributed by atoms with E-state index in [1.54, 1.807) is 11.8 Å². The minimum absolute atomic E-state index is 0.308. The van der Waals surface area contributed by atoms with Crippen LogP contribution in [-0.2, 0) is 0 Å². The molecule has 2 atom stereocenters. The molecule has 0 heterocycles. The molecule has 0 aromatic heterocycles. The molecule has 0 aromatic carbocycles. The van der Waals surface area contributed by atoms with Crippen LogP contribution in [0, 0.1) is 5.92 Å². The Morgan fingerprint density at radius 3 is 2.64 bits per heavy atom. The highest BCUT2D eigenvalue weighted by Crippen LogP contribution is 2.33. The molecule has 2 nitrogen and oxygen atoms in total. The first kappa shape index (κ1) is 8.68. The van der Waals surface area contributed by atoms with E-state index >= 15 is 0 Å². The van der Waals surface area contributed by atoms with Crippen LogP contribution in [0.15, 0.2) is 23.9 Å². The predicted molar refractivity (Wildman–Crippen MR) is 51.0 cm³/mol. The van der Waals surface area contributed by atoms with Crippen LogP contribution in [0.3, 0.4) is 0 Å². The Hall–Kier alpha value is -0.410. The van der Waals surface area contributed by atoms with Crippen molar-refractivity contribution >= 4 is 11.8 Å². The van der Waals surface area contributed by atoms with Gasteiger partial charge in [-0.15, -0.1) is 11.8 Å². The third kappa shape index (κ3) is 1.30. The minimum Gasteiger partial charge on any atom is -0.400 e. The van der Waals surface area contributed by atoms with Crippen LogP contribution in [0.4, 0.5) is 0 Å². The van der Waals surface area contributed by atoms with Gasteiger partial charge in [-0.3, -0.25) is 0 Å². The molecule has 0 aromatic rings. The van der Waals surface area contributed by atoms with Gasteiger partial charge < -0.3 is 11.5 Å². The second kappa shape index (κ2) is 2.91. The number of allylic oxidation sites excluding steroid dienone is 2. The fourth-order valence-corrected chi connectivity index (χ4v) is 1.92. The van der Waals surface area contributed by atoms with Crippen LogP contribution in [-0.4, -0.2) is 11.1 Å². The highest BCUT2D eigenvalue weighted by atomic mass is 32.2. The zero-order valence-corrected chi connectivity index (χ0v) is 7.69. The summed E-state index contributed by atoms with van der Waals surface area (Å²) < 4.78 is 0. The fourth-order valence-electron chi connectivity index (χ4n) is 1.17. The molecular formula is C8H14N2S. The maximum atomic E-state index is 6.06.